The molecule has 0 bridgehead atoms. The van der Waals surface area contributed by atoms with Crippen LogP contribution in [0.15, 0.2) is 65.7 Å². The number of hydrogen-bond donors (Lipinski definition) is 0. The molecule has 1 atom stereocenters. The van der Waals surface area contributed by atoms with Gasteiger partial charge in [-0.2, -0.15) is 0 Å². The molecule has 0 heterocycles. The molecule has 0 radical (unpaired) electrons. The van der Waals surface area contributed by atoms with Gasteiger partial charge >= 0.3 is 0 Å². The molecule has 1 aliphatic carbocycles. The van der Waals surface area contributed by atoms with Crippen molar-refractivity contribution in [2.45, 2.75) is 19.3 Å². The van der Waals surface area contributed by atoms with Crippen LogP contribution in [0, 0.1) is 0 Å². The molecule has 0 aromatic heterocycles. The van der Waals surface area contributed by atoms with Crippen molar-refractivity contribution in [3.05, 3.63) is 71.8 Å². The van der Waals surface area contributed by atoms with Gasteiger partial charge in [0.15, 0.2) is 0 Å². The van der Waals surface area contributed by atoms with Crippen molar-refractivity contribution in [3.8, 4) is 0 Å². The lowest BCUT2D eigenvalue weighted by molar-refractivity contribution is 0.845. The van der Waals surface area contributed by atoms with Crippen LogP contribution in [0.1, 0.15) is 26.3 Å². The van der Waals surface area contributed by atoms with E-state index in [-0.39, 0.29) is 0 Å². The third kappa shape index (κ3) is 2.12. The normalized spacial score (nSPS) is 22.7. The average molecular weight is 248 g/mol. The van der Waals surface area contributed by atoms with Crippen molar-refractivity contribution < 1.29 is 1.37 Å². The van der Waals surface area contributed by atoms with Crippen LogP contribution in [0.4, 0.5) is 5.69 Å². The van der Waals surface area contributed by atoms with E-state index in [2.05, 4.69) is 37.0 Å². The van der Waals surface area contributed by atoms with Crippen LogP contribution >= 0.6 is 0 Å². The Morgan fingerprint density at radius 1 is 1.05 bits per heavy atom. The molecule has 1 nitrogen and oxygen atoms in total. The number of benzene rings is 2. The van der Waals surface area contributed by atoms with E-state index in [1.807, 2.05) is 42.5 Å². The van der Waals surface area contributed by atoms with Crippen LogP contribution in [0.5, 0.6) is 0 Å². The molecule has 0 spiro atoms. The van der Waals surface area contributed by atoms with E-state index in [0.717, 1.165) is 5.69 Å². The Bertz CT molecular complexity index is 700. The van der Waals surface area contributed by atoms with Gasteiger partial charge in [0.25, 0.3) is 0 Å². The summed E-state index contributed by atoms with van der Waals surface area (Å²) in [5, 5.41) is 0. The number of hydrogen-bond acceptors (Lipinski definition) is 1. The molecule has 0 saturated carbocycles. The molecule has 0 fully saturated rings. The van der Waals surface area contributed by atoms with Gasteiger partial charge in [-0.05, 0) is 42.7 Å². The number of fused-ring (bicyclic) bond motifs is 1. The van der Waals surface area contributed by atoms with Crippen molar-refractivity contribution in [2.24, 2.45) is 4.99 Å². The Morgan fingerprint density at radius 2 is 1.74 bits per heavy atom. The second kappa shape index (κ2) is 4.51. The van der Waals surface area contributed by atoms with Gasteiger partial charge in [-0.1, -0.05) is 48.5 Å². The third-order valence-electron chi connectivity index (χ3n) is 3.59. The minimum absolute atomic E-state index is 0.382. The summed E-state index contributed by atoms with van der Waals surface area (Å²) < 4.78 is 8.43. The maximum atomic E-state index is 8.43. The number of aliphatic imine (C=N–C) groups is 1. The Kier molecular flexibility index (Phi) is 2.55. The second-order valence-electron chi connectivity index (χ2n) is 5.13. The van der Waals surface area contributed by atoms with Crippen LogP contribution in [-0.4, -0.2) is 6.19 Å². The fourth-order valence-corrected chi connectivity index (χ4v) is 2.64. The number of nitrogens with zero attached hydrogens (tertiary/aromatic N) is 1. The summed E-state index contributed by atoms with van der Waals surface area (Å²) in [4.78, 5) is 4.48. The molecule has 1 aliphatic rings. The predicted octanol–water partition coefficient (Wildman–Crippen LogP) is 4.76. The van der Waals surface area contributed by atoms with Crippen molar-refractivity contribution >= 4 is 17.5 Å². The minimum Gasteiger partial charge on any atom is -0.260 e. The summed E-state index contributed by atoms with van der Waals surface area (Å²) in [6, 6.07) is 18.0. The predicted molar refractivity (Wildman–Crippen MR) is 82.0 cm³/mol. The Balaban J connectivity index is 2.08. The summed E-state index contributed by atoms with van der Waals surface area (Å²) >= 11 is 0. The zero-order valence-corrected chi connectivity index (χ0v) is 11.2. The van der Waals surface area contributed by atoms with E-state index in [1.54, 1.807) is 0 Å². The van der Waals surface area contributed by atoms with Crippen LogP contribution in [0.3, 0.4) is 0 Å². The highest BCUT2D eigenvalue weighted by molar-refractivity contribution is 5.89. The van der Waals surface area contributed by atoms with Gasteiger partial charge in [0.1, 0.15) is 0 Å². The van der Waals surface area contributed by atoms with Gasteiger partial charge in [-0.3, -0.25) is 4.99 Å². The molecule has 2 aromatic rings. The fourth-order valence-electron chi connectivity index (χ4n) is 2.64. The van der Waals surface area contributed by atoms with Gasteiger partial charge in [-0.15, -0.1) is 0 Å². The third-order valence-corrected chi connectivity index (χ3v) is 3.59. The molecule has 2 aromatic carbocycles. The summed E-state index contributed by atoms with van der Waals surface area (Å²) in [7, 11) is 0. The van der Waals surface area contributed by atoms with Gasteiger partial charge in [0.05, 0.1) is 7.06 Å². The van der Waals surface area contributed by atoms with E-state index in [1.165, 1.54) is 16.7 Å². The molecule has 0 N–H and O–H groups in total. The molecule has 0 amide bonds. The Morgan fingerprint density at radius 3 is 2.53 bits per heavy atom. The first-order valence-corrected chi connectivity index (χ1v) is 6.51. The molecular formula is C18H17N. The second-order valence-corrected chi connectivity index (χ2v) is 5.13. The topological polar surface area (TPSA) is 12.4 Å². The first kappa shape index (κ1) is 10.7. The Labute approximate surface area is 115 Å². The standard InChI is InChI=1S/C18H17N/c1-14-12-18(2,17-11-7-6-10-16(14)17)13-19-15-8-4-3-5-9-15/h3-13H,1-2H3/i13D. The van der Waals surface area contributed by atoms with Crippen molar-refractivity contribution in [2.75, 3.05) is 0 Å². The first-order valence-electron chi connectivity index (χ1n) is 7.01. The molecule has 0 saturated heterocycles. The van der Waals surface area contributed by atoms with Crippen LogP contribution in [-0.2, 0) is 5.41 Å². The SMILES string of the molecule is [2H]C(=Nc1ccccc1)C1(C)C=C(C)c2ccccc21. The lowest BCUT2D eigenvalue weighted by Crippen LogP contribution is -2.18. The Hall–Kier alpha value is -2.15. The van der Waals surface area contributed by atoms with E-state index in [4.69, 9.17) is 1.37 Å². The largest absolute Gasteiger partial charge is 0.260 e. The molecule has 19 heavy (non-hydrogen) atoms. The van der Waals surface area contributed by atoms with Crippen LogP contribution in [0.2, 0.25) is 0 Å². The number of allylic oxidation sites excluding steroid dienone is 2. The van der Waals surface area contributed by atoms with Crippen molar-refractivity contribution in [3.63, 3.8) is 0 Å². The van der Waals surface area contributed by atoms with Crippen molar-refractivity contribution in [1.82, 2.24) is 0 Å². The fraction of sp³-hybridized carbons (Fsp3) is 0.167. The highest BCUT2D eigenvalue weighted by Crippen LogP contribution is 2.39. The number of para-hydroxylation sites is 1. The van der Waals surface area contributed by atoms with E-state index < -0.39 is 5.41 Å². The maximum absolute atomic E-state index is 8.43. The van der Waals surface area contributed by atoms with E-state index in [0.29, 0.717) is 6.19 Å². The first-order chi connectivity index (χ1) is 9.61. The zero-order valence-electron chi connectivity index (χ0n) is 12.2. The highest BCUT2D eigenvalue weighted by Gasteiger charge is 2.30. The maximum Gasteiger partial charge on any atom is 0.0805 e. The van der Waals surface area contributed by atoms with Crippen LogP contribution < -0.4 is 0 Å². The van der Waals surface area contributed by atoms with Gasteiger partial charge in [0, 0.05) is 11.6 Å². The summed E-state index contributed by atoms with van der Waals surface area (Å²) in [5.41, 5.74) is 4.01. The molecule has 94 valence electrons. The van der Waals surface area contributed by atoms with Gasteiger partial charge in [-0.25, -0.2) is 0 Å². The van der Waals surface area contributed by atoms with Gasteiger partial charge in [0.2, 0.25) is 0 Å². The molecule has 3 rings (SSSR count). The smallest absolute Gasteiger partial charge is 0.0805 e. The summed E-state index contributed by atoms with van der Waals surface area (Å²) in [6.45, 7) is 4.16. The summed E-state index contributed by atoms with van der Waals surface area (Å²) in [5.74, 6) is 0. The van der Waals surface area contributed by atoms with E-state index in [9.17, 15) is 0 Å². The quantitative estimate of drug-likeness (QED) is 0.679. The van der Waals surface area contributed by atoms with Gasteiger partial charge < -0.3 is 0 Å². The highest BCUT2D eigenvalue weighted by atomic mass is 14.7. The van der Waals surface area contributed by atoms with Crippen LogP contribution in [0.25, 0.3) is 5.57 Å². The average Bonchev–Trinajstić information content (AvgIpc) is 2.74. The minimum atomic E-state index is -0.434. The monoisotopic (exact) mass is 248 g/mol. The lowest BCUT2D eigenvalue weighted by Gasteiger charge is -2.18. The zero-order chi connectivity index (χ0) is 14.2. The summed E-state index contributed by atoms with van der Waals surface area (Å²) in [6.07, 6.45) is 2.53. The van der Waals surface area contributed by atoms with E-state index >= 15 is 0 Å². The molecule has 1 heteroatoms. The lowest BCUT2D eigenvalue weighted by atomic mass is 9.86. The number of rotatable bonds is 2. The molecular weight excluding hydrogens is 230 g/mol. The van der Waals surface area contributed by atoms with Crippen molar-refractivity contribution in [1.29, 1.82) is 0 Å². The molecule has 1 unspecified atom stereocenters. The molecule has 0 aliphatic heterocycles.